The summed E-state index contributed by atoms with van der Waals surface area (Å²) in [7, 11) is 0. The molecule has 0 aromatic carbocycles. The van der Waals surface area contributed by atoms with Crippen LogP contribution >= 0.6 is 0 Å². The molecule has 1 rings (SSSR count). The molecule has 0 amide bonds. The molecular weight excluding hydrogens is 340 g/mol. The number of hydrogen-bond acceptors (Lipinski definition) is 4. The molecule has 1 aromatic rings. The Balaban J connectivity index is 2.24. The fourth-order valence-electron chi connectivity index (χ4n) is 3.40. The van der Waals surface area contributed by atoms with Gasteiger partial charge in [0.25, 0.3) is 0 Å². The highest BCUT2D eigenvalue weighted by atomic mass is 16.4. The lowest BCUT2D eigenvalue weighted by atomic mass is 10.0. The number of aldehydes is 1. The molecular formula is C23H38O4. The zero-order valence-corrected chi connectivity index (χ0v) is 17.1. The van der Waals surface area contributed by atoms with Gasteiger partial charge in [-0.2, -0.15) is 0 Å². The van der Waals surface area contributed by atoms with Gasteiger partial charge in [-0.25, -0.2) is 4.79 Å². The van der Waals surface area contributed by atoms with Crippen molar-refractivity contribution in [2.45, 2.75) is 110 Å². The molecule has 154 valence electrons. The second kappa shape index (κ2) is 15.5. The van der Waals surface area contributed by atoms with Crippen molar-refractivity contribution in [3.63, 3.8) is 0 Å². The van der Waals surface area contributed by atoms with Crippen LogP contribution in [0.5, 0.6) is 5.75 Å². The molecule has 0 atom stereocenters. The van der Waals surface area contributed by atoms with E-state index in [0.717, 1.165) is 70.5 Å². The average molecular weight is 379 g/mol. The van der Waals surface area contributed by atoms with Gasteiger partial charge in [0, 0.05) is 18.9 Å². The summed E-state index contributed by atoms with van der Waals surface area (Å²) in [6, 6.07) is 1.63. The molecule has 27 heavy (non-hydrogen) atoms. The highest BCUT2D eigenvalue weighted by Gasteiger charge is 2.11. The van der Waals surface area contributed by atoms with Crippen molar-refractivity contribution in [2.24, 2.45) is 0 Å². The van der Waals surface area contributed by atoms with Gasteiger partial charge in [-0.1, -0.05) is 71.1 Å². The first-order chi connectivity index (χ1) is 13.2. The van der Waals surface area contributed by atoms with Crippen LogP contribution in [0.3, 0.4) is 0 Å². The predicted octanol–water partition coefficient (Wildman–Crippen LogP) is 6.11. The summed E-state index contributed by atoms with van der Waals surface area (Å²) in [6.45, 7) is 2.21. The summed E-state index contributed by atoms with van der Waals surface area (Å²) in [5.74, 6) is 0.702. The summed E-state index contributed by atoms with van der Waals surface area (Å²) in [4.78, 5) is 22.4. The lowest BCUT2D eigenvalue weighted by molar-refractivity contribution is -0.107. The van der Waals surface area contributed by atoms with Gasteiger partial charge in [0.2, 0.25) is 0 Å². The maximum absolute atomic E-state index is 12.1. The van der Waals surface area contributed by atoms with E-state index in [-0.39, 0.29) is 11.4 Å². The largest absolute Gasteiger partial charge is 0.507 e. The number of carbonyl (C=O) groups excluding carboxylic acids is 1. The molecule has 0 saturated carbocycles. The van der Waals surface area contributed by atoms with Crippen molar-refractivity contribution in [2.75, 3.05) is 0 Å². The third-order valence-corrected chi connectivity index (χ3v) is 5.10. The summed E-state index contributed by atoms with van der Waals surface area (Å²) >= 11 is 0. The fourth-order valence-corrected chi connectivity index (χ4v) is 3.40. The first-order valence-corrected chi connectivity index (χ1v) is 11.0. The molecule has 0 bridgehead atoms. The highest BCUT2D eigenvalue weighted by Crippen LogP contribution is 2.20. The van der Waals surface area contributed by atoms with E-state index in [9.17, 15) is 14.7 Å². The van der Waals surface area contributed by atoms with Crippen molar-refractivity contribution in [3.05, 3.63) is 27.8 Å². The molecule has 0 radical (unpaired) electrons. The molecule has 0 fully saturated rings. The van der Waals surface area contributed by atoms with Crippen LogP contribution in [0.2, 0.25) is 0 Å². The summed E-state index contributed by atoms with van der Waals surface area (Å²) in [5.41, 5.74) is 0.0533. The molecule has 4 heteroatoms. The molecule has 1 heterocycles. The SMILES string of the molecule is CCCCCCCCc1cc(O)c(CCCCCCCCCC=O)c(=O)o1. The number of rotatable bonds is 17. The van der Waals surface area contributed by atoms with Crippen molar-refractivity contribution >= 4 is 6.29 Å². The van der Waals surface area contributed by atoms with Crippen LogP contribution in [0, 0.1) is 0 Å². The van der Waals surface area contributed by atoms with Gasteiger partial charge in [0.05, 0.1) is 5.56 Å². The minimum Gasteiger partial charge on any atom is -0.507 e. The van der Waals surface area contributed by atoms with Crippen molar-refractivity contribution in [1.29, 1.82) is 0 Å². The smallest absolute Gasteiger partial charge is 0.342 e. The maximum atomic E-state index is 12.1. The van der Waals surface area contributed by atoms with Crippen molar-refractivity contribution in [1.82, 2.24) is 0 Å². The fraction of sp³-hybridized carbons (Fsp3) is 0.739. The Morgan fingerprint density at radius 2 is 1.41 bits per heavy atom. The molecule has 0 aliphatic rings. The summed E-state index contributed by atoms with van der Waals surface area (Å²) < 4.78 is 5.41. The summed E-state index contributed by atoms with van der Waals surface area (Å²) in [5, 5.41) is 10.2. The van der Waals surface area contributed by atoms with E-state index in [1.807, 2.05) is 0 Å². The average Bonchev–Trinajstić information content (AvgIpc) is 2.65. The van der Waals surface area contributed by atoms with Crippen LogP contribution in [0.4, 0.5) is 0 Å². The molecule has 0 aliphatic carbocycles. The first kappa shape index (κ1) is 23.5. The van der Waals surface area contributed by atoms with E-state index in [1.165, 1.54) is 25.7 Å². The minimum atomic E-state index is -0.371. The molecule has 0 unspecified atom stereocenters. The topological polar surface area (TPSA) is 67.5 Å². The standard InChI is InChI=1S/C23H38O4/c1-2-3-4-5-10-13-16-20-19-22(25)21(23(26)27-20)17-14-11-8-6-7-9-12-15-18-24/h18-19,25H,2-17H2,1H3. The zero-order chi connectivity index (χ0) is 19.7. The van der Waals surface area contributed by atoms with E-state index in [1.54, 1.807) is 6.07 Å². The Kier molecular flexibility index (Phi) is 13.4. The van der Waals surface area contributed by atoms with Gasteiger partial charge in [0.1, 0.15) is 17.8 Å². The minimum absolute atomic E-state index is 0.0982. The van der Waals surface area contributed by atoms with E-state index >= 15 is 0 Å². The van der Waals surface area contributed by atoms with Gasteiger partial charge in [0.15, 0.2) is 0 Å². The van der Waals surface area contributed by atoms with E-state index in [0.29, 0.717) is 24.2 Å². The Bertz CT molecular complexity index is 562. The molecule has 4 nitrogen and oxygen atoms in total. The van der Waals surface area contributed by atoms with E-state index < -0.39 is 0 Å². The van der Waals surface area contributed by atoms with Gasteiger partial charge >= 0.3 is 5.63 Å². The molecule has 1 aromatic heterocycles. The number of aromatic hydroxyl groups is 1. The Morgan fingerprint density at radius 1 is 0.852 bits per heavy atom. The van der Waals surface area contributed by atoms with E-state index in [2.05, 4.69) is 6.92 Å². The van der Waals surface area contributed by atoms with Crippen LogP contribution in [0.15, 0.2) is 15.3 Å². The molecule has 0 aliphatic heterocycles. The second-order valence-corrected chi connectivity index (χ2v) is 7.56. The van der Waals surface area contributed by atoms with Crippen LogP contribution in [0.25, 0.3) is 0 Å². The Morgan fingerprint density at radius 3 is 2.00 bits per heavy atom. The summed E-state index contributed by atoms with van der Waals surface area (Å²) in [6.07, 6.45) is 17.6. The van der Waals surface area contributed by atoms with Crippen molar-refractivity contribution < 1.29 is 14.3 Å². The molecule has 0 spiro atoms. The highest BCUT2D eigenvalue weighted by molar-refractivity contribution is 5.48. The van der Waals surface area contributed by atoms with E-state index in [4.69, 9.17) is 4.42 Å². The predicted molar refractivity (Wildman–Crippen MR) is 110 cm³/mol. The Hall–Kier alpha value is -1.58. The monoisotopic (exact) mass is 378 g/mol. The van der Waals surface area contributed by atoms with Gasteiger partial charge in [-0.05, 0) is 25.7 Å². The lowest BCUT2D eigenvalue weighted by Gasteiger charge is -2.06. The van der Waals surface area contributed by atoms with Gasteiger partial charge in [-0.15, -0.1) is 0 Å². The van der Waals surface area contributed by atoms with Crippen LogP contribution in [-0.4, -0.2) is 11.4 Å². The Labute approximate surface area is 164 Å². The maximum Gasteiger partial charge on any atom is 0.342 e. The second-order valence-electron chi connectivity index (χ2n) is 7.56. The normalized spacial score (nSPS) is 11.0. The number of carbonyl (C=O) groups is 1. The third kappa shape index (κ3) is 11.0. The van der Waals surface area contributed by atoms with Gasteiger partial charge in [-0.3, -0.25) is 0 Å². The van der Waals surface area contributed by atoms with Crippen LogP contribution < -0.4 is 5.63 Å². The number of hydrogen-bond donors (Lipinski definition) is 1. The van der Waals surface area contributed by atoms with Crippen LogP contribution in [0.1, 0.15) is 108 Å². The lowest BCUT2D eigenvalue weighted by Crippen LogP contribution is -2.09. The number of unbranched alkanes of at least 4 members (excludes halogenated alkanes) is 12. The molecule has 1 N–H and O–H groups in total. The first-order valence-electron chi connectivity index (χ1n) is 11.0. The van der Waals surface area contributed by atoms with Crippen LogP contribution in [-0.2, 0) is 17.6 Å². The number of aryl methyl sites for hydroxylation is 1. The molecule has 0 saturated heterocycles. The van der Waals surface area contributed by atoms with Crippen molar-refractivity contribution in [3.8, 4) is 5.75 Å². The third-order valence-electron chi connectivity index (χ3n) is 5.10. The zero-order valence-electron chi connectivity index (χ0n) is 17.1. The van der Waals surface area contributed by atoms with Gasteiger partial charge < -0.3 is 14.3 Å². The quantitative estimate of drug-likeness (QED) is 0.262.